The predicted molar refractivity (Wildman–Crippen MR) is 52.2 cm³/mol. The van der Waals surface area contributed by atoms with Gasteiger partial charge in [-0.2, -0.15) is 0 Å². The highest BCUT2D eigenvalue weighted by Crippen LogP contribution is 2.56. The highest BCUT2D eigenvalue weighted by molar-refractivity contribution is 8.33. The summed E-state index contributed by atoms with van der Waals surface area (Å²) in [5.74, 6) is 2.57. The molecule has 0 aromatic heterocycles. The first-order valence-corrected chi connectivity index (χ1v) is 6.96. The zero-order valence-electron chi connectivity index (χ0n) is 7.68. The van der Waals surface area contributed by atoms with Crippen molar-refractivity contribution >= 4 is 10.0 Å². The van der Waals surface area contributed by atoms with Crippen molar-refractivity contribution in [2.45, 2.75) is 31.9 Å². The number of hydrogen-bond donors (Lipinski definition) is 0. The van der Waals surface area contributed by atoms with Crippen LogP contribution in [0.3, 0.4) is 0 Å². The fourth-order valence-electron chi connectivity index (χ4n) is 1.93. The molecule has 1 saturated heterocycles. The zero-order chi connectivity index (χ0) is 7.78. The lowest BCUT2D eigenvalue weighted by Gasteiger charge is -2.32. The van der Waals surface area contributed by atoms with Gasteiger partial charge in [0.1, 0.15) is 0 Å². The fourth-order valence-corrected chi connectivity index (χ4v) is 4.59. The Labute approximate surface area is 66.7 Å². The van der Waals surface area contributed by atoms with Gasteiger partial charge in [-0.05, 0) is 35.9 Å². The third-order valence-corrected chi connectivity index (χ3v) is 6.90. The maximum absolute atomic E-state index is 2.49. The maximum Gasteiger partial charge on any atom is -0.0116 e. The highest BCUT2D eigenvalue weighted by atomic mass is 32.3. The standard InChI is InChI=1S/C9H20S/c1-5-9-6-7-10(3,4)8(9)2/h8-9H,5-7H2,1-4H3. The molecule has 1 fully saturated rings. The first-order chi connectivity index (χ1) is 4.58. The van der Waals surface area contributed by atoms with Crippen LogP contribution in [0.4, 0.5) is 0 Å². The van der Waals surface area contributed by atoms with Crippen LogP contribution in [0.25, 0.3) is 0 Å². The Morgan fingerprint density at radius 2 is 2.00 bits per heavy atom. The quantitative estimate of drug-likeness (QED) is 0.553. The van der Waals surface area contributed by atoms with E-state index in [1.54, 1.807) is 0 Å². The number of hydrogen-bond acceptors (Lipinski definition) is 0. The minimum absolute atomic E-state index is 0.186. The van der Waals surface area contributed by atoms with Crippen LogP contribution >= 0.6 is 10.0 Å². The molecule has 0 aliphatic carbocycles. The molecule has 1 heteroatoms. The second-order valence-electron chi connectivity index (χ2n) is 3.99. The summed E-state index contributed by atoms with van der Waals surface area (Å²) in [6, 6.07) is 0. The summed E-state index contributed by atoms with van der Waals surface area (Å²) >= 11 is 0. The molecule has 62 valence electrons. The van der Waals surface area contributed by atoms with Gasteiger partial charge >= 0.3 is 0 Å². The topological polar surface area (TPSA) is 0 Å². The van der Waals surface area contributed by atoms with Crippen molar-refractivity contribution in [1.29, 1.82) is 0 Å². The molecule has 0 N–H and O–H groups in total. The Balaban J connectivity index is 2.58. The van der Waals surface area contributed by atoms with Gasteiger partial charge in [-0.25, -0.2) is 10.0 Å². The number of rotatable bonds is 1. The van der Waals surface area contributed by atoms with Crippen LogP contribution < -0.4 is 0 Å². The molecule has 0 aromatic carbocycles. The molecular formula is C9H20S. The van der Waals surface area contributed by atoms with Gasteiger partial charge in [0.25, 0.3) is 0 Å². The van der Waals surface area contributed by atoms with Gasteiger partial charge in [0, 0.05) is 0 Å². The molecule has 0 spiro atoms. The fraction of sp³-hybridized carbons (Fsp3) is 1.00. The van der Waals surface area contributed by atoms with E-state index in [1.807, 2.05) is 0 Å². The minimum atomic E-state index is -0.186. The summed E-state index contributed by atoms with van der Waals surface area (Å²) in [5, 5.41) is 1.03. The van der Waals surface area contributed by atoms with E-state index in [9.17, 15) is 0 Å². The Bertz CT molecular complexity index is 118. The van der Waals surface area contributed by atoms with Crippen molar-refractivity contribution in [1.82, 2.24) is 0 Å². The summed E-state index contributed by atoms with van der Waals surface area (Å²) in [6.45, 7) is 4.79. The molecule has 1 aliphatic rings. The molecule has 2 atom stereocenters. The molecular weight excluding hydrogens is 140 g/mol. The lowest BCUT2D eigenvalue weighted by atomic mass is 10.0. The van der Waals surface area contributed by atoms with Crippen LogP contribution in [-0.2, 0) is 0 Å². The summed E-state index contributed by atoms with van der Waals surface area (Å²) in [7, 11) is -0.186. The van der Waals surface area contributed by atoms with Crippen molar-refractivity contribution in [3.63, 3.8) is 0 Å². The molecule has 0 radical (unpaired) electrons. The van der Waals surface area contributed by atoms with E-state index in [0.29, 0.717) is 0 Å². The largest absolute Gasteiger partial charge is 0.244 e. The van der Waals surface area contributed by atoms with Gasteiger partial charge in [0.05, 0.1) is 0 Å². The predicted octanol–water partition coefficient (Wildman–Crippen LogP) is 2.87. The average molecular weight is 160 g/mol. The Hall–Kier alpha value is 0.350. The summed E-state index contributed by atoms with van der Waals surface area (Å²) in [4.78, 5) is 0. The molecule has 10 heavy (non-hydrogen) atoms. The second kappa shape index (κ2) is 2.77. The van der Waals surface area contributed by atoms with Crippen molar-refractivity contribution < 1.29 is 0 Å². The van der Waals surface area contributed by atoms with Crippen LogP contribution in [0, 0.1) is 5.92 Å². The molecule has 1 heterocycles. The monoisotopic (exact) mass is 160 g/mol. The van der Waals surface area contributed by atoms with Crippen LogP contribution in [-0.4, -0.2) is 23.5 Å². The lowest BCUT2D eigenvalue weighted by Crippen LogP contribution is -2.13. The van der Waals surface area contributed by atoms with Crippen molar-refractivity contribution in [2.24, 2.45) is 5.92 Å². The molecule has 1 aliphatic heterocycles. The van der Waals surface area contributed by atoms with Crippen molar-refractivity contribution in [2.75, 3.05) is 18.3 Å². The molecule has 0 bridgehead atoms. The minimum Gasteiger partial charge on any atom is -0.244 e. The van der Waals surface area contributed by atoms with Crippen LogP contribution in [0.5, 0.6) is 0 Å². The highest BCUT2D eigenvalue weighted by Gasteiger charge is 2.33. The summed E-state index contributed by atoms with van der Waals surface area (Å²) in [6.07, 6.45) is 7.89. The van der Waals surface area contributed by atoms with Gasteiger partial charge < -0.3 is 0 Å². The smallest absolute Gasteiger partial charge is 0.0116 e. The van der Waals surface area contributed by atoms with Gasteiger partial charge in [-0.3, -0.25) is 0 Å². The molecule has 0 saturated carbocycles. The molecule has 2 unspecified atom stereocenters. The first kappa shape index (κ1) is 8.45. The third-order valence-electron chi connectivity index (χ3n) is 3.21. The van der Waals surface area contributed by atoms with Crippen molar-refractivity contribution in [3.8, 4) is 0 Å². The molecule has 1 rings (SSSR count). The molecule has 0 amide bonds. The molecule has 0 aromatic rings. The average Bonchev–Trinajstić information content (AvgIpc) is 2.10. The van der Waals surface area contributed by atoms with E-state index >= 15 is 0 Å². The van der Waals surface area contributed by atoms with E-state index in [-0.39, 0.29) is 10.0 Å². The normalized spacial score (nSPS) is 41.6. The van der Waals surface area contributed by atoms with Gasteiger partial charge in [-0.15, -0.1) is 0 Å². The summed E-state index contributed by atoms with van der Waals surface area (Å²) in [5.41, 5.74) is 0. The van der Waals surface area contributed by atoms with E-state index in [0.717, 1.165) is 11.2 Å². The van der Waals surface area contributed by atoms with Crippen LogP contribution in [0.2, 0.25) is 0 Å². The van der Waals surface area contributed by atoms with E-state index in [1.165, 1.54) is 18.6 Å². The second-order valence-corrected chi connectivity index (χ2v) is 8.39. The van der Waals surface area contributed by atoms with Crippen molar-refractivity contribution in [3.05, 3.63) is 0 Å². The maximum atomic E-state index is 2.49. The van der Waals surface area contributed by atoms with Crippen LogP contribution in [0.1, 0.15) is 26.7 Å². The van der Waals surface area contributed by atoms with Gasteiger partial charge in [-0.1, -0.05) is 20.3 Å². The van der Waals surface area contributed by atoms with Crippen LogP contribution in [0.15, 0.2) is 0 Å². The zero-order valence-corrected chi connectivity index (χ0v) is 8.50. The Morgan fingerprint density at radius 1 is 1.40 bits per heavy atom. The SMILES string of the molecule is CCC1CCS(C)(C)C1C. The van der Waals surface area contributed by atoms with E-state index in [4.69, 9.17) is 0 Å². The Morgan fingerprint density at radius 3 is 2.20 bits per heavy atom. The van der Waals surface area contributed by atoms with E-state index in [2.05, 4.69) is 26.4 Å². The third kappa shape index (κ3) is 1.34. The van der Waals surface area contributed by atoms with Gasteiger partial charge in [0.2, 0.25) is 0 Å². The lowest BCUT2D eigenvalue weighted by molar-refractivity contribution is 0.514. The van der Waals surface area contributed by atoms with E-state index < -0.39 is 0 Å². The molecule has 0 nitrogen and oxygen atoms in total. The Kier molecular flexibility index (Phi) is 2.34. The van der Waals surface area contributed by atoms with Gasteiger partial charge in [0.15, 0.2) is 0 Å². The first-order valence-electron chi connectivity index (χ1n) is 4.28. The summed E-state index contributed by atoms with van der Waals surface area (Å²) < 4.78 is 0.